The average Bonchev–Trinajstić information content (AvgIpc) is 1.69. The van der Waals surface area contributed by atoms with Gasteiger partial charge in [-0.3, -0.25) is 4.90 Å². The van der Waals surface area contributed by atoms with Crippen molar-refractivity contribution >= 4 is 0 Å². The summed E-state index contributed by atoms with van der Waals surface area (Å²) in [7, 11) is 0. The Balaban J connectivity index is 3.35. The minimum atomic E-state index is -0.287. The van der Waals surface area contributed by atoms with Gasteiger partial charge in [-0.1, -0.05) is 13.8 Å². The fraction of sp³-hybridized carbons (Fsp3) is 1.00. The quantitative estimate of drug-likeness (QED) is 0.549. The number of nitrogens with zero attached hydrogens (tertiary/aromatic N) is 1. The van der Waals surface area contributed by atoms with Gasteiger partial charge >= 0.3 is 0 Å². The van der Waals surface area contributed by atoms with Crippen molar-refractivity contribution in [3.05, 3.63) is 0 Å². The second kappa shape index (κ2) is 3.87. The van der Waals surface area contributed by atoms with E-state index < -0.39 is 0 Å². The first-order valence-electron chi connectivity index (χ1n) is 3.14. The molecule has 0 fully saturated rings. The van der Waals surface area contributed by atoms with Crippen molar-refractivity contribution in [1.29, 1.82) is 0 Å². The second-order valence-corrected chi connectivity index (χ2v) is 1.85. The van der Waals surface area contributed by atoms with Crippen LogP contribution in [0.15, 0.2) is 0 Å². The SMILES string of the molecule is CCN(CC)C(C)O. The van der Waals surface area contributed by atoms with Gasteiger partial charge in [-0.2, -0.15) is 0 Å². The van der Waals surface area contributed by atoms with Gasteiger partial charge in [0.15, 0.2) is 0 Å². The predicted molar refractivity (Wildman–Crippen MR) is 34.6 cm³/mol. The molecule has 1 N–H and O–H groups in total. The molecule has 0 radical (unpaired) electrons. The molecule has 0 heterocycles. The third kappa shape index (κ3) is 2.28. The van der Waals surface area contributed by atoms with Gasteiger partial charge in [-0.25, -0.2) is 0 Å². The van der Waals surface area contributed by atoms with E-state index in [0.717, 1.165) is 13.1 Å². The van der Waals surface area contributed by atoms with Crippen molar-refractivity contribution in [2.75, 3.05) is 13.1 Å². The van der Waals surface area contributed by atoms with Gasteiger partial charge in [0.1, 0.15) is 6.23 Å². The topological polar surface area (TPSA) is 23.5 Å². The molecule has 0 aliphatic carbocycles. The molecule has 1 atom stereocenters. The number of aliphatic hydroxyl groups is 1. The average molecular weight is 117 g/mol. The highest BCUT2D eigenvalue weighted by Crippen LogP contribution is 1.91. The molecule has 0 saturated heterocycles. The van der Waals surface area contributed by atoms with Crippen LogP contribution in [0.1, 0.15) is 20.8 Å². The molecule has 0 aliphatic rings. The Kier molecular flexibility index (Phi) is 3.83. The first kappa shape index (κ1) is 7.92. The van der Waals surface area contributed by atoms with Crippen molar-refractivity contribution in [1.82, 2.24) is 4.90 Å². The van der Waals surface area contributed by atoms with E-state index in [1.807, 2.05) is 18.7 Å². The van der Waals surface area contributed by atoms with E-state index in [-0.39, 0.29) is 6.23 Å². The molecule has 2 nitrogen and oxygen atoms in total. The van der Waals surface area contributed by atoms with E-state index in [0.29, 0.717) is 0 Å². The van der Waals surface area contributed by atoms with Gasteiger partial charge in [0.05, 0.1) is 0 Å². The number of aliphatic hydroxyl groups excluding tert-OH is 1. The smallest absolute Gasteiger partial charge is 0.104 e. The molecule has 0 spiro atoms. The molecular weight excluding hydrogens is 102 g/mol. The van der Waals surface area contributed by atoms with Crippen LogP contribution >= 0.6 is 0 Å². The zero-order valence-electron chi connectivity index (χ0n) is 5.89. The molecule has 0 aromatic heterocycles. The summed E-state index contributed by atoms with van der Waals surface area (Å²) in [6, 6.07) is 0. The van der Waals surface area contributed by atoms with E-state index in [2.05, 4.69) is 0 Å². The molecule has 1 unspecified atom stereocenters. The molecule has 0 aliphatic heterocycles. The Morgan fingerprint density at radius 2 is 1.75 bits per heavy atom. The van der Waals surface area contributed by atoms with Crippen LogP contribution in [-0.2, 0) is 0 Å². The minimum Gasteiger partial charge on any atom is -0.379 e. The van der Waals surface area contributed by atoms with E-state index in [1.165, 1.54) is 0 Å². The summed E-state index contributed by atoms with van der Waals surface area (Å²) >= 11 is 0. The fourth-order valence-corrected chi connectivity index (χ4v) is 0.752. The lowest BCUT2D eigenvalue weighted by Crippen LogP contribution is -2.32. The summed E-state index contributed by atoms with van der Waals surface area (Å²) in [5.74, 6) is 0. The molecule has 50 valence electrons. The number of rotatable bonds is 3. The normalized spacial score (nSPS) is 14.6. The molecule has 0 amide bonds. The molecule has 8 heavy (non-hydrogen) atoms. The molecule has 0 bridgehead atoms. The lowest BCUT2D eigenvalue weighted by molar-refractivity contribution is 0.0265. The number of hydrogen-bond donors (Lipinski definition) is 1. The minimum absolute atomic E-state index is 0.287. The Morgan fingerprint density at radius 1 is 1.38 bits per heavy atom. The van der Waals surface area contributed by atoms with Crippen LogP contribution in [0.3, 0.4) is 0 Å². The van der Waals surface area contributed by atoms with Gasteiger partial charge in [0, 0.05) is 0 Å². The third-order valence-corrected chi connectivity index (χ3v) is 1.34. The van der Waals surface area contributed by atoms with Crippen LogP contribution in [0.5, 0.6) is 0 Å². The van der Waals surface area contributed by atoms with Crippen LogP contribution in [0.2, 0.25) is 0 Å². The molecule has 0 aromatic rings. The van der Waals surface area contributed by atoms with Gasteiger partial charge in [-0.05, 0) is 20.0 Å². The molecular formula is C6H15NO. The Bertz CT molecular complexity index is 50.5. The summed E-state index contributed by atoms with van der Waals surface area (Å²) in [6.07, 6.45) is -0.287. The standard InChI is InChI=1S/C6H15NO/c1-4-7(5-2)6(3)8/h6,8H,4-5H2,1-3H3. The van der Waals surface area contributed by atoms with Crippen LogP contribution < -0.4 is 0 Å². The van der Waals surface area contributed by atoms with E-state index >= 15 is 0 Å². The first-order chi connectivity index (χ1) is 3.72. The maximum Gasteiger partial charge on any atom is 0.104 e. The number of hydrogen-bond acceptors (Lipinski definition) is 2. The summed E-state index contributed by atoms with van der Waals surface area (Å²) in [5.41, 5.74) is 0. The van der Waals surface area contributed by atoms with Gasteiger partial charge < -0.3 is 5.11 Å². The third-order valence-electron chi connectivity index (χ3n) is 1.34. The Labute approximate surface area is 51.1 Å². The van der Waals surface area contributed by atoms with E-state index in [1.54, 1.807) is 6.92 Å². The highest BCUT2D eigenvalue weighted by molar-refractivity contribution is 4.49. The van der Waals surface area contributed by atoms with Gasteiger partial charge in [0.2, 0.25) is 0 Å². The summed E-state index contributed by atoms with van der Waals surface area (Å²) in [6.45, 7) is 7.71. The second-order valence-electron chi connectivity index (χ2n) is 1.85. The molecule has 0 saturated carbocycles. The van der Waals surface area contributed by atoms with Gasteiger partial charge in [-0.15, -0.1) is 0 Å². The summed E-state index contributed by atoms with van der Waals surface area (Å²) in [5, 5.41) is 8.94. The monoisotopic (exact) mass is 117 g/mol. The lowest BCUT2D eigenvalue weighted by atomic mass is 10.5. The van der Waals surface area contributed by atoms with Crippen LogP contribution in [0.4, 0.5) is 0 Å². The van der Waals surface area contributed by atoms with Crippen molar-refractivity contribution in [3.8, 4) is 0 Å². The predicted octanol–water partition coefficient (Wildman–Crippen LogP) is 0.666. The van der Waals surface area contributed by atoms with Crippen molar-refractivity contribution in [2.24, 2.45) is 0 Å². The lowest BCUT2D eigenvalue weighted by Gasteiger charge is -2.20. The van der Waals surface area contributed by atoms with Gasteiger partial charge in [0.25, 0.3) is 0 Å². The fourth-order valence-electron chi connectivity index (χ4n) is 0.752. The van der Waals surface area contributed by atoms with E-state index in [9.17, 15) is 0 Å². The zero-order chi connectivity index (χ0) is 6.57. The van der Waals surface area contributed by atoms with Crippen LogP contribution in [0, 0.1) is 0 Å². The Morgan fingerprint density at radius 3 is 1.75 bits per heavy atom. The maximum absolute atomic E-state index is 8.94. The van der Waals surface area contributed by atoms with E-state index in [4.69, 9.17) is 5.11 Å². The molecule has 0 aromatic carbocycles. The Hall–Kier alpha value is -0.0800. The summed E-state index contributed by atoms with van der Waals surface area (Å²) in [4.78, 5) is 1.97. The maximum atomic E-state index is 8.94. The summed E-state index contributed by atoms with van der Waals surface area (Å²) < 4.78 is 0. The first-order valence-corrected chi connectivity index (χ1v) is 3.14. The van der Waals surface area contributed by atoms with Crippen molar-refractivity contribution in [3.63, 3.8) is 0 Å². The highest BCUT2D eigenvalue weighted by atomic mass is 16.3. The van der Waals surface area contributed by atoms with Crippen molar-refractivity contribution in [2.45, 2.75) is 27.0 Å². The largest absolute Gasteiger partial charge is 0.379 e. The van der Waals surface area contributed by atoms with Crippen LogP contribution in [-0.4, -0.2) is 29.3 Å². The van der Waals surface area contributed by atoms with Crippen LogP contribution in [0.25, 0.3) is 0 Å². The molecule has 2 heteroatoms. The zero-order valence-corrected chi connectivity index (χ0v) is 5.89. The molecule has 0 rings (SSSR count). The highest BCUT2D eigenvalue weighted by Gasteiger charge is 2.02. The van der Waals surface area contributed by atoms with Crippen molar-refractivity contribution < 1.29 is 5.11 Å².